The molecule has 6 nitrogen and oxygen atoms in total. The lowest BCUT2D eigenvalue weighted by Gasteiger charge is -2.25. The second-order valence-electron chi connectivity index (χ2n) is 6.75. The highest BCUT2D eigenvalue weighted by molar-refractivity contribution is 6.48. The molecule has 0 spiro atoms. The topological polar surface area (TPSA) is 69.0 Å². The minimum absolute atomic E-state index is 0.0721. The Hall–Kier alpha value is -2.83. The zero-order valence-electron chi connectivity index (χ0n) is 17.0. The average molecular weight is 430 g/mol. The summed E-state index contributed by atoms with van der Waals surface area (Å²) in [5.41, 5.74) is 2.36. The van der Waals surface area contributed by atoms with Crippen molar-refractivity contribution in [2.24, 2.45) is 0 Å². The zero-order valence-corrected chi connectivity index (χ0v) is 17.8. The summed E-state index contributed by atoms with van der Waals surface area (Å²) in [5, 5.41) is 1.25. The van der Waals surface area contributed by atoms with E-state index < -0.39 is 0 Å². The zero-order chi connectivity index (χ0) is 21.5. The van der Waals surface area contributed by atoms with Crippen molar-refractivity contribution in [3.05, 3.63) is 59.9 Å². The third kappa shape index (κ3) is 5.62. The predicted octanol–water partition coefficient (Wildman–Crippen LogP) is 4.39. The highest BCUT2D eigenvalue weighted by Gasteiger charge is 2.14. The number of allylic oxidation sites excluding steroid dienone is 3. The van der Waals surface area contributed by atoms with Crippen molar-refractivity contribution in [2.45, 2.75) is 13.8 Å². The quantitative estimate of drug-likeness (QED) is 0.387. The average Bonchev–Trinajstić information content (AvgIpc) is 3.18. The first-order chi connectivity index (χ1) is 14.5. The number of nitrogens with zero attached hydrogens (tertiary/aromatic N) is 1. The van der Waals surface area contributed by atoms with Crippen molar-refractivity contribution >= 4 is 45.1 Å². The highest BCUT2D eigenvalue weighted by Crippen LogP contribution is 2.29. The Labute approximate surface area is 180 Å². The molecule has 0 saturated carbocycles. The van der Waals surface area contributed by atoms with Crippen molar-refractivity contribution in [2.75, 3.05) is 32.9 Å². The van der Waals surface area contributed by atoms with Crippen molar-refractivity contribution < 1.29 is 23.5 Å². The van der Waals surface area contributed by atoms with Crippen molar-refractivity contribution in [1.29, 1.82) is 0 Å². The van der Waals surface area contributed by atoms with Gasteiger partial charge in [0.1, 0.15) is 11.3 Å². The summed E-state index contributed by atoms with van der Waals surface area (Å²) in [5.74, 6) is 0.0591. The smallest absolute Gasteiger partial charge is 0.331 e. The number of rotatable bonds is 6. The maximum absolute atomic E-state index is 12.1. The summed E-state index contributed by atoms with van der Waals surface area (Å²) < 4.78 is 16.0. The minimum Gasteiger partial charge on any atom is -0.463 e. The van der Waals surface area contributed by atoms with Gasteiger partial charge < -0.3 is 18.8 Å². The van der Waals surface area contributed by atoms with E-state index in [1.165, 1.54) is 12.2 Å². The predicted molar refractivity (Wildman–Crippen MR) is 117 cm³/mol. The van der Waals surface area contributed by atoms with E-state index in [1.807, 2.05) is 31.2 Å². The molecule has 1 amide bonds. The van der Waals surface area contributed by atoms with Gasteiger partial charge in [-0.2, -0.15) is 0 Å². The van der Waals surface area contributed by atoms with Gasteiger partial charge in [-0.05, 0) is 49.3 Å². The number of hydrogen-bond acceptors (Lipinski definition) is 5. The second kappa shape index (κ2) is 10.3. The Bertz CT molecular complexity index is 1010. The number of benzene rings is 1. The monoisotopic (exact) mass is 429 g/mol. The Morgan fingerprint density at radius 3 is 2.73 bits per heavy atom. The molecule has 1 saturated heterocycles. The van der Waals surface area contributed by atoms with Gasteiger partial charge in [-0.1, -0.05) is 23.7 Å². The minimum atomic E-state index is -0.368. The first-order valence-electron chi connectivity index (χ1n) is 9.78. The van der Waals surface area contributed by atoms with Crippen molar-refractivity contribution in [1.82, 2.24) is 4.90 Å². The fourth-order valence-corrected chi connectivity index (χ4v) is 3.20. The van der Waals surface area contributed by atoms with E-state index in [9.17, 15) is 9.59 Å². The number of carbonyl (C=O) groups excluding carboxylic acids is 2. The summed E-state index contributed by atoms with van der Waals surface area (Å²) in [6, 6.07) is 7.46. The van der Waals surface area contributed by atoms with Crippen LogP contribution < -0.4 is 0 Å². The van der Waals surface area contributed by atoms with Crippen LogP contribution in [0.15, 0.2) is 53.0 Å². The van der Waals surface area contributed by atoms with Gasteiger partial charge in [0.2, 0.25) is 5.91 Å². The number of carbonyl (C=O) groups is 2. The first kappa shape index (κ1) is 21.9. The number of furan rings is 1. The van der Waals surface area contributed by atoms with Crippen LogP contribution >= 0.6 is 11.6 Å². The van der Waals surface area contributed by atoms with Crippen LogP contribution in [0.2, 0.25) is 0 Å². The number of amides is 1. The Kier molecular flexibility index (Phi) is 7.49. The Morgan fingerprint density at radius 1 is 1.23 bits per heavy atom. The summed E-state index contributed by atoms with van der Waals surface area (Å²) in [6.45, 7) is 6.27. The maximum atomic E-state index is 12.1. The molecule has 1 aromatic heterocycles. The summed E-state index contributed by atoms with van der Waals surface area (Å²) >= 11 is 6.35. The molecule has 0 unspecified atom stereocenters. The van der Waals surface area contributed by atoms with Gasteiger partial charge >= 0.3 is 5.97 Å². The molecule has 0 atom stereocenters. The molecule has 158 valence electrons. The SMILES string of the molecule is CCOC(=O)C=C(C)c1ccc2oc(C(Cl)=CC=CC(=O)N3CCOCC3)cc2c1. The lowest BCUT2D eigenvalue weighted by molar-refractivity contribution is -0.137. The van der Waals surface area contributed by atoms with E-state index in [2.05, 4.69) is 0 Å². The van der Waals surface area contributed by atoms with Crippen LogP contribution in [0.3, 0.4) is 0 Å². The number of morpholine rings is 1. The summed E-state index contributed by atoms with van der Waals surface area (Å²) in [7, 11) is 0. The van der Waals surface area contributed by atoms with Crippen LogP contribution in [0.4, 0.5) is 0 Å². The Balaban J connectivity index is 1.73. The summed E-state index contributed by atoms with van der Waals surface area (Å²) in [4.78, 5) is 25.5. The molecule has 0 radical (unpaired) electrons. The van der Waals surface area contributed by atoms with E-state index in [0.717, 1.165) is 16.5 Å². The van der Waals surface area contributed by atoms with Gasteiger partial charge in [-0.15, -0.1) is 0 Å². The fraction of sp³-hybridized carbons (Fsp3) is 0.304. The van der Waals surface area contributed by atoms with Crippen LogP contribution in [0.25, 0.3) is 21.6 Å². The van der Waals surface area contributed by atoms with Gasteiger partial charge in [0, 0.05) is 30.6 Å². The lowest BCUT2D eigenvalue weighted by atomic mass is 10.1. The van der Waals surface area contributed by atoms with Crippen molar-refractivity contribution in [3.8, 4) is 0 Å². The molecule has 2 aromatic rings. The van der Waals surface area contributed by atoms with Crippen LogP contribution in [0.5, 0.6) is 0 Å². The molecule has 30 heavy (non-hydrogen) atoms. The molecule has 2 heterocycles. The maximum Gasteiger partial charge on any atom is 0.331 e. The largest absolute Gasteiger partial charge is 0.463 e. The van der Waals surface area contributed by atoms with Crippen LogP contribution in [0.1, 0.15) is 25.2 Å². The molecular weight excluding hydrogens is 406 g/mol. The first-order valence-corrected chi connectivity index (χ1v) is 10.2. The van der Waals surface area contributed by atoms with Crippen LogP contribution in [-0.2, 0) is 19.1 Å². The molecule has 3 rings (SSSR count). The van der Waals surface area contributed by atoms with Crippen molar-refractivity contribution in [3.63, 3.8) is 0 Å². The fourth-order valence-electron chi connectivity index (χ4n) is 3.04. The molecule has 0 bridgehead atoms. The Morgan fingerprint density at radius 2 is 2.00 bits per heavy atom. The third-order valence-electron chi connectivity index (χ3n) is 4.63. The van der Waals surface area contributed by atoms with E-state index in [-0.39, 0.29) is 11.9 Å². The van der Waals surface area contributed by atoms with Gasteiger partial charge in [-0.25, -0.2) is 4.79 Å². The summed E-state index contributed by atoms with van der Waals surface area (Å²) in [6.07, 6.45) is 6.20. The molecular formula is C23H24ClNO5. The van der Waals surface area contributed by atoms with E-state index >= 15 is 0 Å². The van der Waals surface area contributed by atoms with E-state index in [4.69, 9.17) is 25.5 Å². The molecule has 1 fully saturated rings. The molecule has 1 aliphatic rings. The van der Waals surface area contributed by atoms with Gasteiger partial charge in [0.15, 0.2) is 0 Å². The van der Waals surface area contributed by atoms with Gasteiger partial charge in [0.25, 0.3) is 0 Å². The molecule has 1 aliphatic heterocycles. The molecule has 7 heteroatoms. The molecule has 0 N–H and O–H groups in total. The van der Waals surface area contributed by atoms with Gasteiger partial charge in [0.05, 0.1) is 24.9 Å². The van der Waals surface area contributed by atoms with Crippen LogP contribution in [-0.4, -0.2) is 49.7 Å². The molecule has 1 aromatic carbocycles. The van der Waals surface area contributed by atoms with Crippen LogP contribution in [0, 0.1) is 0 Å². The third-order valence-corrected chi connectivity index (χ3v) is 4.94. The number of ether oxygens (including phenoxy) is 2. The second-order valence-corrected chi connectivity index (χ2v) is 7.16. The van der Waals surface area contributed by atoms with E-state index in [0.29, 0.717) is 49.3 Å². The number of fused-ring (bicyclic) bond motifs is 1. The number of halogens is 1. The van der Waals surface area contributed by atoms with Gasteiger partial charge in [-0.3, -0.25) is 4.79 Å². The normalized spacial score (nSPS) is 15.8. The molecule has 0 aliphatic carbocycles. The highest BCUT2D eigenvalue weighted by atomic mass is 35.5. The number of hydrogen-bond donors (Lipinski definition) is 0. The lowest BCUT2D eigenvalue weighted by Crippen LogP contribution is -2.39. The number of esters is 1. The standard InChI is InChI=1S/C23H24ClNO5/c1-3-29-23(27)13-16(2)17-7-8-20-18(14-17)15-21(30-20)19(24)5-4-6-22(26)25-9-11-28-12-10-25/h4-8,13-15H,3,9-12H2,1-2H3. The van der Waals surface area contributed by atoms with E-state index in [1.54, 1.807) is 24.0 Å².